The number of hydrogen-bond acceptors (Lipinski definition) is 2. The quantitative estimate of drug-likeness (QED) is 0.575. The van der Waals surface area contributed by atoms with Crippen molar-refractivity contribution in [3.63, 3.8) is 0 Å². The Morgan fingerprint density at radius 3 is 3.12 bits per heavy atom. The first-order chi connectivity index (χ1) is 3.93. The van der Waals surface area contributed by atoms with Crippen molar-refractivity contribution < 1.29 is 4.42 Å². The van der Waals surface area contributed by atoms with Gasteiger partial charge < -0.3 is 4.42 Å². The Morgan fingerprint density at radius 2 is 2.62 bits per heavy atom. The zero-order chi connectivity index (χ0) is 5.82. The first-order valence-electron chi connectivity index (χ1n) is 2.60. The molecule has 0 bridgehead atoms. The molecule has 0 aliphatic carbocycles. The molecule has 2 heteroatoms. The summed E-state index contributed by atoms with van der Waals surface area (Å²) in [7, 11) is 0. The van der Waals surface area contributed by atoms with Crippen LogP contribution in [-0.2, 0) is 6.42 Å². The van der Waals surface area contributed by atoms with Crippen LogP contribution >= 0.6 is 0 Å². The maximum absolute atomic E-state index is 4.92. The molecular weight excluding hydrogens is 102 g/mol. The van der Waals surface area contributed by atoms with E-state index in [1.54, 1.807) is 6.20 Å². The molecule has 0 saturated carbocycles. The molecule has 0 aromatic carbocycles. The number of hydrogen-bond donors (Lipinski definition) is 0. The summed E-state index contributed by atoms with van der Waals surface area (Å²) >= 11 is 0. The van der Waals surface area contributed by atoms with Crippen LogP contribution in [0.1, 0.15) is 12.2 Å². The lowest BCUT2D eigenvalue weighted by Crippen LogP contribution is -1.74. The second kappa shape index (κ2) is 2.50. The molecule has 1 aromatic rings. The van der Waals surface area contributed by atoms with Crippen molar-refractivity contribution in [2.24, 2.45) is 0 Å². The molecule has 0 aliphatic rings. The van der Waals surface area contributed by atoms with Gasteiger partial charge >= 0.3 is 0 Å². The van der Waals surface area contributed by atoms with Crippen LogP contribution in [0.2, 0.25) is 0 Å². The molecule has 1 radical (unpaired) electrons. The van der Waals surface area contributed by atoms with Crippen LogP contribution in [0.5, 0.6) is 0 Å². The Balaban J connectivity index is 2.50. The third-order valence-electron chi connectivity index (χ3n) is 0.907. The fourth-order valence-corrected chi connectivity index (χ4v) is 0.540. The van der Waals surface area contributed by atoms with Crippen molar-refractivity contribution in [3.8, 4) is 0 Å². The van der Waals surface area contributed by atoms with E-state index >= 15 is 0 Å². The number of rotatable bonds is 2. The predicted octanol–water partition coefficient (Wildman–Crippen LogP) is 1.44. The minimum Gasteiger partial charge on any atom is -0.449 e. The van der Waals surface area contributed by atoms with Gasteiger partial charge in [-0.25, -0.2) is 4.98 Å². The maximum Gasteiger partial charge on any atom is 0.180 e. The van der Waals surface area contributed by atoms with Crippen LogP contribution in [0.25, 0.3) is 0 Å². The molecule has 0 aliphatic heterocycles. The van der Waals surface area contributed by atoms with E-state index in [0.717, 1.165) is 18.6 Å². The van der Waals surface area contributed by atoms with E-state index in [2.05, 4.69) is 11.9 Å². The standard InChI is InChI=1S/C6H8NO/c1-2-3-6-4-7-5-8-6/h4-5H,1-3H2. The lowest BCUT2D eigenvalue weighted by Gasteiger charge is -1.84. The van der Waals surface area contributed by atoms with Crippen molar-refractivity contribution in [2.75, 3.05) is 0 Å². The monoisotopic (exact) mass is 110 g/mol. The summed E-state index contributed by atoms with van der Waals surface area (Å²) in [5, 5.41) is 0. The average Bonchev–Trinajstić information content (AvgIpc) is 2.19. The van der Waals surface area contributed by atoms with Crippen LogP contribution in [0.4, 0.5) is 0 Å². The van der Waals surface area contributed by atoms with Gasteiger partial charge in [0.25, 0.3) is 0 Å². The molecule has 0 amide bonds. The summed E-state index contributed by atoms with van der Waals surface area (Å²) < 4.78 is 4.92. The van der Waals surface area contributed by atoms with Crippen molar-refractivity contribution >= 4 is 0 Å². The van der Waals surface area contributed by atoms with Crippen molar-refractivity contribution in [1.29, 1.82) is 0 Å². The van der Waals surface area contributed by atoms with E-state index in [1.165, 1.54) is 6.39 Å². The number of nitrogens with zero attached hydrogens (tertiary/aromatic N) is 1. The van der Waals surface area contributed by atoms with Gasteiger partial charge in [-0.3, -0.25) is 0 Å². The Bertz CT molecular complexity index is 134. The molecular formula is C6H8NO. The molecule has 2 nitrogen and oxygen atoms in total. The molecule has 43 valence electrons. The smallest absolute Gasteiger partial charge is 0.180 e. The lowest BCUT2D eigenvalue weighted by molar-refractivity contribution is 0.504. The average molecular weight is 110 g/mol. The van der Waals surface area contributed by atoms with Gasteiger partial charge in [-0.2, -0.15) is 0 Å². The molecule has 0 N–H and O–H groups in total. The van der Waals surface area contributed by atoms with E-state index in [-0.39, 0.29) is 0 Å². The molecule has 1 heterocycles. The third-order valence-corrected chi connectivity index (χ3v) is 0.907. The van der Waals surface area contributed by atoms with Gasteiger partial charge in [0.15, 0.2) is 6.39 Å². The highest BCUT2D eigenvalue weighted by Gasteiger charge is 1.90. The zero-order valence-corrected chi connectivity index (χ0v) is 4.63. The molecule has 0 unspecified atom stereocenters. The zero-order valence-electron chi connectivity index (χ0n) is 4.63. The minimum atomic E-state index is 0.870. The van der Waals surface area contributed by atoms with Crippen molar-refractivity contribution in [1.82, 2.24) is 4.98 Å². The Hall–Kier alpha value is -0.790. The Labute approximate surface area is 48.5 Å². The van der Waals surface area contributed by atoms with Gasteiger partial charge in [0, 0.05) is 6.42 Å². The number of oxazole rings is 1. The lowest BCUT2D eigenvalue weighted by atomic mass is 10.3. The van der Waals surface area contributed by atoms with Gasteiger partial charge in [-0.05, 0) is 6.42 Å². The fourth-order valence-electron chi connectivity index (χ4n) is 0.540. The SMILES string of the molecule is [CH2]CCc1cnco1. The van der Waals surface area contributed by atoms with E-state index in [1.807, 2.05) is 0 Å². The third kappa shape index (κ3) is 1.09. The second-order valence-electron chi connectivity index (χ2n) is 1.57. The molecule has 1 aromatic heterocycles. The van der Waals surface area contributed by atoms with Crippen LogP contribution < -0.4 is 0 Å². The molecule has 0 saturated heterocycles. The maximum atomic E-state index is 4.92. The largest absolute Gasteiger partial charge is 0.449 e. The molecule has 1 rings (SSSR count). The molecule has 8 heavy (non-hydrogen) atoms. The first kappa shape index (κ1) is 5.35. The van der Waals surface area contributed by atoms with Crippen molar-refractivity contribution in [2.45, 2.75) is 12.8 Å². The number of aryl methyl sites for hydroxylation is 1. The highest BCUT2D eigenvalue weighted by molar-refractivity contribution is 4.87. The van der Waals surface area contributed by atoms with E-state index in [4.69, 9.17) is 4.42 Å². The van der Waals surface area contributed by atoms with E-state index < -0.39 is 0 Å². The molecule has 0 spiro atoms. The topological polar surface area (TPSA) is 26.0 Å². The van der Waals surface area contributed by atoms with Crippen molar-refractivity contribution in [3.05, 3.63) is 25.3 Å². The summed E-state index contributed by atoms with van der Waals surface area (Å²) in [6.07, 6.45) is 4.91. The minimum absolute atomic E-state index is 0.870. The molecule has 0 atom stereocenters. The van der Waals surface area contributed by atoms with E-state index in [9.17, 15) is 0 Å². The molecule has 0 fully saturated rings. The summed E-state index contributed by atoms with van der Waals surface area (Å²) in [6.45, 7) is 3.67. The van der Waals surface area contributed by atoms with Crippen LogP contribution in [0, 0.1) is 6.92 Å². The van der Waals surface area contributed by atoms with Gasteiger partial charge in [0.2, 0.25) is 0 Å². The van der Waals surface area contributed by atoms with Gasteiger partial charge in [0.1, 0.15) is 5.76 Å². The summed E-state index contributed by atoms with van der Waals surface area (Å²) in [6, 6.07) is 0. The summed E-state index contributed by atoms with van der Waals surface area (Å²) in [5.74, 6) is 0.917. The van der Waals surface area contributed by atoms with Crippen LogP contribution in [0.15, 0.2) is 17.0 Å². The fraction of sp³-hybridized carbons (Fsp3) is 0.333. The number of aromatic nitrogens is 1. The van der Waals surface area contributed by atoms with Gasteiger partial charge in [-0.15, -0.1) is 0 Å². The summed E-state index contributed by atoms with van der Waals surface area (Å²) in [5.41, 5.74) is 0. The van der Waals surface area contributed by atoms with E-state index in [0.29, 0.717) is 0 Å². The van der Waals surface area contributed by atoms with Gasteiger partial charge in [0.05, 0.1) is 6.20 Å². The predicted molar refractivity (Wildman–Crippen MR) is 30.2 cm³/mol. The van der Waals surface area contributed by atoms with Crippen LogP contribution in [0.3, 0.4) is 0 Å². The van der Waals surface area contributed by atoms with Gasteiger partial charge in [-0.1, -0.05) is 6.92 Å². The Morgan fingerprint density at radius 1 is 1.75 bits per heavy atom. The summed E-state index contributed by atoms with van der Waals surface area (Å²) in [4.78, 5) is 3.75. The second-order valence-corrected chi connectivity index (χ2v) is 1.57. The Kier molecular flexibility index (Phi) is 1.67. The normalized spacial score (nSPS) is 9.62. The van der Waals surface area contributed by atoms with Crippen LogP contribution in [-0.4, -0.2) is 4.98 Å². The first-order valence-corrected chi connectivity index (χ1v) is 2.60. The highest BCUT2D eigenvalue weighted by Crippen LogP contribution is 1.98. The highest BCUT2D eigenvalue weighted by atomic mass is 16.3.